The number of halogens is 5. The fourth-order valence-corrected chi connectivity index (χ4v) is 6.20. The molecular formula is C40H34Cl5N5O5. The number of hydrogen-bond donors (Lipinski definition) is 2. The number of nitrogens with two attached hydrogens (primary N) is 1. The fourth-order valence-electron chi connectivity index (χ4n) is 5.03. The first-order valence-electron chi connectivity index (χ1n) is 16.5. The molecule has 0 aliphatic rings. The van der Waals surface area contributed by atoms with E-state index in [0.717, 1.165) is 0 Å². The third-order valence-electron chi connectivity index (χ3n) is 7.25. The molecule has 0 aliphatic heterocycles. The number of fused-ring (bicyclic) bond motifs is 2. The van der Waals surface area contributed by atoms with Crippen molar-refractivity contribution in [1.82, 2.24) is 9.97 Å². The van der Waals surface area contributed by atoms with Crippen LogP contribution in [0.2, 0.25) is 20.1 Å². The number of nitrogen functional groups attached to an aromatic ring is 1. The Morgan fingerprint density at radius 2 is 1.15 bits per heavy atom. The molecule has 15 heteroatoms. The van der Waals surface area contributed by atoms with Crippen molar-refractivity contribution in [2.75, 3.05) is 29.2 Å². The standard InChI is InChI=1S/C25H19Cl2N3O3.C12H10Cl2N2O2.C3H5Cl/c1-2-33-24(31)22-15-21(23-19(27)13-16(26)14-20(23)28-22)29-25(32)30(17-9-5-3-6-10-17)18-11-7-4-8-12-18;1-2-18-12(17)10-5-8(15)11-7(14)3-6(13)4-9(11)16-10;1-2-3-4/h3-15H,2H2,1H3,(H,28,29,32);3-5H,2H2,1H3,(H2,15,16);2-3H,1H3. The van der Waals surface area contributed by atoms with Crippen LogP contribution in [0.5, 0.6) is 0 Å². The second-order valence-corrected chi connectivity index (χ2v) is 13.0. The number of aromatic nitrogens is 2. The molecule has 0 saturated heterocycles. The van der Waals surface area contributed by atoms with E-state index < -0.39 is 18.0 Å². The van der Waals surface area contributed by atoms with E-state index in [1.807, 2.05) is 67.6 Å². The summed E-state index contributed by atoms with van der Waals surface area (Å²) in [6, 6.07) is 27.2. The Morgan fingerprint density at radius 1 is 0.709 bits per heavy atom. The Labute approximate surface area is 342 Å². The number of esters is 2. The van der Waals surface area contributed by atoms with E-state index in [-0.39, 0.29) is 24.6 Å². The Morgan fingerprint density at radius 3 is 1.60 bits per heavy atom. The van der Waals surface area contributed by atoms with Crippen LogP contribution in [-0.2, 0) is 9.47 Å². The van der Waals surface area contributed by atoms with Gasteiger partial charge in [0.15, 0.2) is 11.4 Å². The van der Waals surface area contributed by atoms with Crippen molar-refractivity contribution in [3.63, 3.8) is 0 Å². The first-order chi connectivity index (χ1) is 26.4. The Bertz CT molecular complexity index is 2290. The van der Waals surface area contributed by atoms with E-state index in [4.69, 9.17) is 73.2 Å². The van der Waals surface area contributed by atoms with Crippen LogP contribution in [0.15, 0.2) is 109 Å². The van der Waals surface area contributed by atoms with E-state index in [0.29, 0.717) is 64.6 Å². The molecule has 0 saturated carbocycles. The Hall–Kier alpha value is -5.10. The summed E-state index contributed by atoms with van der Waals surface area (Å²) >= 11 is 29.5. The quantitative estimate of drug-likeness (QED) is 0.152. The van der Waals surface area contributed by atoms with E-state index in [1.165, 1.54) is 22.6 Å². The molecule has 2 heterocycles. The zero-order chi connectivity index (χ0) is 40.1. The summed E-state index contributed by atoms with van der Waals surface area (Å²) in [5.74, 6) is -1.14. The SMILES string of the molecule is CC=CCl.CCOC(=O)c1cc(N)c2c(Cl)cc(Cl)cc2n1.CCOC(=O)c1cc(NC(=O)N(c2ccccc2)c2ccccc2)c2c(Cl)cc(Cl)cc2n1. The Balaban J connectivity index is 0.000000256. The number of hydrogen-bond acceptors (Lipinski definition) is 8. The second-order valence-electron chi connectivity index (χ2n) is 11.1. The molecule has 0 fully saturated rings. The average molecular weight is 842 g/mol. The maximum absolute atomic E-state index is 13.6. The summed E-state index contributed by atoms with van der Waals surface area (Å²) in [5.41, 5.74) is 10.3. The van der Waals surface area contributed by atoms with Gasteiger partial charge in [0.05, 0.1) is 51.4 Å². The van der Waals surface area contributed by atoms with Gasteiger partial charge in [-0.15, -0.1) is 0 Å². The molecule has 3 N–H and O–H groups in total. The van der Waals surface area contributed by atoms with Crippen LogP contribution in [0.4, 0.5) is 27.5 Å². The first kappa shape index (κ1) is 42.6. The van der Waals surface area contributed by atoms with Gasteiger partial charge in [-0.2, -0.15) is 0 Å². The van der Waals surface area contributed by atoms with Gasteiger partial charge in [-0.3, -0.25) is 4.90 Å². The molecule has 6 rings (SSSR count). The summed E-state index contributed by atoms with van der Waals surface area (Å²) in [4.78, 5) is 47.6. The minimum absolute atomic E-state index is 0.0314. The molecule has 4 aromatic carbocycles. The zero-order valence-electron chi connectivity index (χ0n) is 29.7. The van der Waals surface area contributed by atoms with Gasteiger partial charge < -0.3 is 20.5 Å². The minimum Gasteiger partial charge on any atom is -0.461 e. The number of para-hydroxylation sites is 2. The summed E-state index contributed by atoms with van der Waals surface area (Å²) in [6.07, 6.45) is 1.77. The monoisotopic (exact) mass is 839 g/mol. The molecule has 0 bridgehead atoms. The lowest BCUT2D eigenvalue weighted by molar-refractivity contribution is 0.0510. The van der Waals surface area contributed by atoms with E-state index in [2.05, 4.69) is 15.3 Å². The lowest BCUT2D eigenvalue weighted by Crippen LogP contribution is -2.31. The number of allylic oxidation sites excluding steroid dienone is 1. The van der Waals surface area contributed by atoms with Gasteiger partial charge >= 0.3 is 18.0 Å². The number of carbonyl (C=O) groups excluding carboxylic acids is 3. The third-order valence-corrected chi connectivity index (χ3v) is 8.53. The number of benzene rings is 4. The molecule has 0 atom stereocenters. The molecule has 0 aliphatic carbocycles. The van der Waals surface area contributed by atoms with Crippen LogP contribution in [0.3, 0.4) is 0 Å². The highest BCUT2D eigenvalue weighted by Gasteiger charge is 2.22. The van der Waals surface area contributed by atoms with Crippen molar-refractivity contribution in [3.05, 3.63) is 140 Å². The predicted octanol–water partition coefficient (Wildman–Crippen LogP) is 12.1. The van der Waals surface area contributed by atoms with E-state index >= 15 is 0 Å². The maximum Gasteiger partial charge on any atom is 0.357 e. The van der Waals surface area contributed by atoms with Crippen molar-refractivity contribution in [3.8, 4) is 0 Å². The minimum atomic E-state index is -0.617. The first-order valence-corrected chi connectivity index (χ1v) is 18.5. The molecule has 10 nitrogen and oxygen atoms in total. The summed E-state index contributed by atoms with van der Waals surface area (Å²) in [6.45, 7) is 5.75. The molecule has 2 amide bonds. The maximum atomic E-state index is 13.6. The highest BCUT2D eigenvalue weighted by Crippen LogP contribution is 2.35. The number of nitrogens with zero attached hydrogens (tertiary/aromatic N) is 3. The van der Waals surface area contributed by atoms with Crippen LogP contribution in [0.25, 0.3) is 21.8 Å². The number of urea groups is 1. The Kier molecular flexibility index (Phi) is 15.9. The van der Waals surface area contributed by atoms with Crippen molar-refractivity contribution in [2.24, 2.45) is 0 Å². The van der Waals surface area contributed by atoms with Gasteiger partial charge in [-0.05, 0) is 87.0 Å². The van der Waals surface area contributed by atoms with Crippen molar-refractivity contribution in [2.45, 2.75) is 20.8 Å². The number of amides is 2. The van der Waals surface area contributed by atoms with Gasteiger partial charge in [0, 0.05) is 26.5 Å². The van der Waals surface area contributed by atoms with E-state index in [9.17, 15) is 14.4 Å². The second kappa shape index (κ2) is 20.5. The van der Waals surface area contributed by atoms with Gasteiger partial charge in [0.25, 0.3) is 0 Å². The highest BCUT2D eigenvalue weighted by molar-refractivity contribution is 6.40. The summed E-state index contributed by atoms with van der Waals surface area (Å²) in [7, 11) is 0. The lowest BCUT2D eigenvalue weighted by Gasteiger charge is -2.24. The number of pyridine rings is 2. The fraction of sp³-hybridized carbons (Fsp3) is 0.125. The molecule has 284 valence electrons. The van der Waals surface area contributed by atoms with Gasteiger partial charge in [0.2, 0.25) is 0 Å². The molecule has 55 heavy (non-hydrogen) atoms. The number of nitrogens with one attached hydrogen (secondary N) is 1. The van der Waals surface area contributed by atoms with Crippen molar-refractivity contribution in [1.29, 1.82) is 0 Å². The molecule has 2 aromatic heterocycles. The number of rotatable bonds is 7. The van der Waals surface area contributed by atoms with Crippen molar-refractivity contribution >= 4 is 121 Å². The molecule has 0 radical (unpaired) electrons. The van der Waals surface area contributed by atoms with Gasteiger partial charge in [-0.1, -0.05) is 100 Å². The molecular weight excluding hydrogens is 808 g/mol. The van der Waals surface area contributed by atoms with Crippen LogP contribution in [0.1, 0.15) is 41.7 Å². The van der Waals surface area contributed by atoms with Crippen LogP contribution >= 0.6 is 58.0 Å². The van der Waals surface area contributed by atoms with Gasteiger partial charge in [-0.25, -0.2) is 24.4 Å². The topological polar surface area (TPSA) is 137 Å². The lowest BCUT2D eigenvalue weighted by atomic mass is 10.1. The molecule has 0 unspecified atom stereocenters. The van der Waals surface area contributed by atoms with Crippen LogP contribution < -0.4 is 16.0 Å². The van der Waals surface area contributed by atoms with Crippen LogP contribution in [0, 0.1) is 0 Å². The van der Waals surface area contributed by atoms with E-state index in [1.54, 1.807) is 44.2 Å². The summed E-state index contributed by atoms with van der Waals surface area (Å²) < 4.78 is 9.96. The average Bonchev–Trinajstić information content (AvgIpc) is 3.15. The van der Waals surface area contributed by atoms with Gasteiger partial charge in [0.1, 0.15) is 0 Å². The van der Waals surface area contributed by atoms with Crippen LogP contribution in [-0.4, -0.2) is 41.2 Å². The molecule has 0 spiro atoms. The number of carbonyl (C=O) groups is 3. The smallest absolute Gasteiger partial charge is 0.357 e. The third kappa shape index (κ3) is 11.2. The largest absolute Gasteiger partial charge is 0.461 e. The zero-order valence-corrected chi connectivity index (χ0v) is 33.4. The number of anilines is 4. The summed E-state index contributed by atoms with van der Waals surface area (Å²) in [5, 5.41) is 5.41. The normalized spacial score (nSPS) is 10.5. The number of ether oxygens (including phenoxy) is 2. The highest BCUT2D eigenvalue weighted by atomic mass is 35.5. The van der Waals surface area contributed by atoms with Crippen molar-refractivity contribution < 1.29 is 23.9 Å². The predicted molar refractivity (Wildman–Crippen MR) is 225 cm³/mol. The molecule has 6 aromatic rings.